The smallest absolute Gasteiger partial charge is 0.0594 e. The van der Waals surface area contributed by atoms with Crippen LogP contribution in [-0.4, -0.2) is 75.5 Å². The van der Waals surface area contributed by atoms with Crippen LogP contribution < -0.4 is 0 Å². The Morgan fingerprint density at radius 3 is 1.41 bits per heavy atom. The minimum atomic E-state index is 0.827. The van der Waals surface area contributed by atoms with E-state index in [1.807, 2.05) is 0 Å². The van der Waals surface area contributed by atoms with Crippen molar-refractivity contribution < 1.29 is 9.47 Å². The number of rotatable bonds is 9. The van der Waals surface area contributed by atoms with Gasteiger partial charge in [-0.3, -0.25) is 9.80 Å². The third-order valence-corrected chi connectivity index (χ3v) is 4.99. The molecular weight excluding hydrogens is 276 g/mol. The van der Waals surface area contributed by atoms with Crippen LogP contribution in [0.4, 0.5) is 0 Å². The van der Waals surface area contributed by atoms with E-state index < -0.39 is 0 Å². The SMILES string of the molecule is CC(CCCCC(C)CN1CCOCC1)CN1CCOCC1. The van der Waals surface area contributed by atoms with Gasteiger partial charge in [-0.15, -0.1) is 0 Å². The summed E-state index contributed by atoms with van der Waals surface area (Å²) in [4.78, 5) is 5.13. The summed E-state index contributed by atoms with van der Waals surface area (Å²) in [6, 6.07) is 0. The minimum absolute atomic E-state index is 0.827. The van der Waals surface area contributed by atoms with E-state index in [1.54, 1.807) is 0 Å². The van der Waals surface area contributed by atoms with Crippen molar-refractivity contribution in [1.29, 1.82) is 0 Å². The first kappa shape index (κ1) is 18.2. The number of hydrogen-bond acceptors (Lipinski definition) is 4. The Kier molecular flexibility index (Phi) is 8.75. The number of unbranched alkanes of at least 4 members (excludes halogenated alkanes) is 1. The second kappa shape index (κ2) is 10.6. The second-order valence-electron chi connectivity index (χ2n) is 7.32. The Hall–Kier alpha value is -0.160. The van der Waals surface area contributed by atoms with E-state index in [9.17, 15) is 0 Å². The van der Waals surface area contributed by atoms with E-state index in [0.29, 0.717) is 0 Å². The lowest BCUT2D eigenvalue weighted by atomic mass is 9.98. The fraction of sp³-hybridized carbons (Fsp3) is 1.00. The number of nitrogens with zero attached hydrogens (tertiary/aromatic N) is 2. The average Bonchev–Trinajstić information content (AvgIpc) is 2.53. The standard InChI is InChI=1S/C18H36N2O2/c1-17(15-19-7-11-21-12-8-19)5-3-4-6-18(2)16-20-9-13-22-14-10-20/h17-18H,3-16H2,1-2H3. The fourth-order valence-electron chi connectivity index (χ4n) is 3.62. The predicted molar refractivity (Wildman–Crippen MR) is 91.3 cm³/mol. The summed E-state index contributed by atoms with van der Waals surface area (Å²) >= 11 is 0. The van der Waals surface area contributed by atoms with Gasteiger partial charge in [0.25, 0.3) is 0 Å². The summed E-state index contributed by atoms with van der Waals surface area (Å²) in [5, 5.41) is 0. The molecule has 130 valence electrons. The van der Waals surface area contributed by atoms with Crippen molar-refractivity contribution in [1.82, 2.24) is 9.80 Å². The Labute approximate surface area is 137 Å². The highest BCUT2D eigenvalue weighted by molar-refractivity contribution is 4.68. The molecule has 22 heavy (non-hydrogen) atoms. The predicted octanol–water partition coefficient (Wildman–Crippen LogP) is 2.48. The van der Waals surface area contributed by atoms with Crippen LogP contribution in [-0.2, 0) is 9.47 Å². The van der Waals surface area contributed by atoms with Crippen LogP contribution in [0.1, 0.15) is 39.5 Å². The van der Waals surface area contributed by atoms with Gasteiger partial charge in [0.15, 0.2) is 0 Å². The average molecular weight is 312 g/mol. The molecule has 0 N–H and O–H groups in total. The van der Waals surface area contributed by atoms with Crippen LogP contribution in [0.2, 0.25) is 0 Å². The molecule has 0 amide bonds. The van der Waals surface area contributed by atoms with Gasteiger partial charge in [0.05, 0.1) is 26.4 Å². The third kappa shape index (κ3) is 7.40. The summed E-state index contributed by atoms with van der Waals surface area (Å²) in [5.74, 6) is 1.65. The van der Waals surface area contributed by atoms with Crippen molar-refractivity contribution in [2.75, 3.05) is 65.7 Å². The highest BCUT2D eigenvalue weighted by Gasteiger charge is 2.15. The van der Waals surface area contributed by atoms with Crippen molar-refractivity contribution in [2.24, 2.45) is 11.8 Å². The molecule has 4 heteroatoms. The van der Waals surface area contributed by atoms with E-state index in [2.05, 4.69) is 23.6 Å². The highest BCUT2D eigenvalue weighted by atomic mass is 16.5. The molecule has 2 saturated heterocycles. The number of ether oxygens (including phenoxy) is 2. The van der Waals surface area contributed by atoms with Crippen LogP contribution in [0.3, 0.4) is 0 Å². The molecule has 2 rings (SSSR count). The van der Waals surface area contributed by atoms with Crippen LogP contribution in [0, 0.1) is 11.8 Å². The molecule has 0 aromatic heterocycles. The topological polar surface area (TPSA) is 24.9 Å². The van der Waals surface area contributed by atoms with Gasteiger partial charge in [0.2, 0.25) is 0 Å². The molecule has 4 nitrogen and oxygen atoms in total. The maximum Gasteiger partial charge on any atom is 0.0594 e. The first-order chi connectivity index (χ1) is 10.7. The zero-order valence-corrected chi connectivity index (χ0v) is 14.8. The lowest BCUT2D eigenvalue weighted by molar-refractivity contribution is 0.0301. The van der Waals surface area contributed by atoms with Crippen LogP contribution in [0.5, 0.6) is 0 Å². The summed E-state index contributed by atoms with van der Waals surface area (Å²) in [5.41, 5.74) is 0. The van der Waals surface area contributed by atoms with Crippen molar-refractivity contribution in [3.63, 3.8) is 0 Å². The normalized spacial score (nSPS) is 24.3. The molecule has 2 heterocycles. The maximum atomic E-state index is 5.42. The van der Waals surface area contributed by atoms with Crippen molar-refractivity contribution in [2.45, 2.75) is 39.5 Å². The summed E-state index contributed by atoms with van der Waals surface area (Å²) in [6.07, 6.45) is 5.53. The Morgan fingerprint density at radius 2 is 1.05 bits per heavy atom. The van der Waals surface area contributed by atoms with E-state index >= 15 is 0 Å². The van der Waals surface area contributed by atoms with E-state index in [1.165, 1.54) is 38.8 Å². The molecule has 2 aliphatic heterocycles. The zero-order valence-electron chi connectivity index (χ0n) is 14.8. The molecule has 2 unspecified atom stereocenters. The third-order valence-electron chi connectivity index (χ3n) is 4.99. The molecule has 2 atom stereocenters. The zero-order chi connectivity index (χ0) is 15.6. The highest BCUT2D eigenvalue weighted by Crippen LogP contribution is 2.16. The molecule has 0 aromatic carbocycles. The summed E-state index contributed by atoms with van der Waals surface area (Å²) < 4.78 is 10.8. The van der Waals surface area contributed by atoms with Crippen LogP contribution in [0.15, 0.2) is 0 Å². The molecule has 0 spiro atoms. The monoisotopic (exact) mass is 312 g/mol. The molecule has 2 aliphatic rings. The van der Waals surface area contributed by atoms with Gasteiger partial charge in [-0.25, -0.2) is 0 Å². The van der Waals surface area contributed by atoms with Gasteiger partial charge in [-0.2, -0.15) is 0 Å². The molecular formula is C18H36N2O2. The maximum absolute atomic E-state index is 5.42. The van der Waals surface area contributed by atoms with Gasteiger partial charge in [0, 0.05) is 39.3 Å². The first-order valence-electron chi connectivity index (χ1n) is 9.34. The minimum Gasteiger partial charge on any atom is -0.379 e. The first-order valence-corrected chi connectivity index (χ1v) is 9.34. The van der Waals surface area contributed by atoms with E-state index in [0.717, 1.165) is 64.4 Å². The van der Waals surface area contributed by atoms with Crippen molar-refractivity contribution in [3.8, 4) is 0 Å². The van der Waals surface area contributed by atoms with Crippen molar-refractivity contribution >= 4 is 0 Å². The van der Waals surface area contributed by atoms with Gasteiger partial charge in [-0.05, 0) is 24.7 Å². The van der Waals surface area contributed by atoms with E-state index in [-0.39, 0.29) is 0 Å². The van der Waals surface area contributed by atoms with Gasteiger partial charge < -0.3 is 9.47 Å². The fourth-order valence-corrected chi connectivity index (χ4v) is 3.62. The summed E-state index contributed by atoms with van der Waals surface area (Å²) in [7, 11) is 0. The molecule has 0 aromatic rings. The summed E-state index contributed by atoms with van der Waals surface area (Å²) in [6.45, 7) is 15.5. The van der Waals surface area contributed by atoms with Gasteiger partial charge in [0.1, 0.15) is 0 Å². The second-order valence-corrected chi connectivity index (χ2v) is 7.32. The Bertz CT molecular complexity index is 248. The molecule has 0 saturated carbocycles. The van der Waals surface area contributed by atoms with Gasteiger partial charge >= 0.3 is 0 Å². The largest absolute Gasteiger partial charge is 0.379 e. The Balaban J connectivity index is 1.46. The molecule has 2 fully saturated rings. The Morgan fingerprint density at radius 1 is 0.682 bits per heavy atom. The lowest BCUT2D eigenvalue weighted by Gasteiger charge is -2.29. The van der Waals surface area contributed by atoms with Crippen LogP contribution >= 0.6 is 0 Å². The molecule has 0 bridgehead atoms. The molecule has 0 aliphatic carbocycles. The quantitative estimate of drug-likeness (QED) is 0.611. The van der Waals surface area contributed by atoms with Crippen molar-refractivity contribution in [3.05, 3.63) is 0 Å². The van der Waals surface area contributed by atoms with E-state index in [4.69, 9.17) is 9.47 Å². The molecule has 0 radical (unpaired) electrons. The number of hydrogen-bond donors (Lipinski definition) is 0. The van der Waals surface area contributed by atoms with Gasteiger partial charge in [-0.1, -0.05) is 26.7 Å². The van der Waals surface area contributed by atoms with Crippen LogP contribution in [0.25, 0.3) is 0 Å². The number of morpholine rings is 2. The lowest BCUT2D eigenvalue weighted by Crippen LogP contribution is -2.39.